The van der Waals surface area contributed by atoms with Gasteiger partial charge in [0.2, 0.25) is 0 Å². The molecule has 0 bridgehead atoms. The van der Waals surface area contributed by atoms with E-state index in [1.165, 1.54) is 6.42 Å². The molecule has 0 aliphatic carbocycles. The molecule has 2 heterocycles. The van der Waals surface area contributed by atoms with E-state index in [0.717, 1.165) is 19.6 Å². The third-order valence-corrected chi connectivity index (χ3v) is 3.32. The summed E-state index contributed by atoms with van der Waals surface area (Å²) in [7, 11) is 4.12. The van der Waals surface area contributed by atoms with Crippen LogP contribution in [-0.2, 0) is 0 Å². The number of hydrogen-bond donors (Lipinski definition) is 2. The molecular formula is C12H20N6. The average Bonchev–Trinajstić information content (AvgIpc) is 2.74. The molecule has 98 valence electrons. The van der Waals surface area contributed by atoms with E-state index in [1.807, 2.05) is 11.9 Å². The van der Waals surface area contributed by atoms with Crippen molar-refractivity contribution in [3.8, 4) is 0 Å². The number of anilines is 1. The molecule has 1 aliphatic heterocycles. The summed E-state index contributed by atoms with van der Waals surface area (Å²) in [5, 5.41) is 7.53. The van der Waals surface area contributed by atoms with Crippen LogP contribution < -0.4 is 10.6 Å². The zero-order chi connectivity index (χ0) is 13.1. The predicted molar refractivity (Wildman–Crippen MR) is 71.9 cm³/mol. The Morgan fingerprint density at radius 1 is 1.56 bits per heavy atom. The Bertz CT molecular complexity index is 432. The Balaban J connectivity index is 2.09. The highest BCUT2D eigenvalue weighted by molar-refractivity contribution is 5.97. The fourth-order valence-corrected chi connectivity index (χ4v) is 2.45. The van der Waals surface area contributed by atoms with Gasteiger partial charge in [0.1, 0.15) is 11.5 Å². The first-order valence-electron chi connectivity index (χ1n) is 6.13. The molecular weight excluding hydrogens is 228 g/mol. The second-order valence-corrected chi connectivity index (χ2v) is 4.94. The lowest BCUT2D eigenvalue weighted by molar-refractivity contribution is 0.395. The first-order valence-corrected chi connectivity index (χ1v) is 6.13. The number of nitrogens with two attached hydrogens (primary N) is 1. The molecule has 1 saturated heterocycles. The largest absolute Gasteiger partial charge is 0.382 e. The molecule has 1 aromatic rings. The Kier molecular flexibility index (Phi) is 3.76. The van der Waals surface area contributed by atoms with Crippen molar-refractivity contribution >= 4 is 11.7 Å². The van der Waals surface area contributed by atoms with Gasteiger partial charge in [-0.15, -0.1) is 0 Å². The van der Waals surface area contributed by atoms with Crippen molar-refractivity contribution < 1.29 is 0 Å². The normalized spacial score (nSPS) is 20.0. The Morgan fingerprint density at radius 2 is 2.28 bits per heavy atom. The van der Waals surface area contributed by atoms with Crippen LogP contribution in [0.4, 0.5) is 5.82 Å². The van der Waals surface area contributed by atoms with Crippen molar-refractivity contribution in [1.82, 2.24) is 14.9 Å². The molecule has 0 spiro atoms. The van der Waals surface area contributed by atoms with Gasteiger partial charge in [0, 0.05) is 32.5 Å². The lowest BCUT2D eigenvalue weighted by Crippen LogP contribution is -2.30. The highest BCUT2D eigenvalue weighted by atomic mass is 15.2. The number of amidine groups is 1. The first-order chi connectivity index (χ1) is 8.58. The third-order valence-electron chi connectivity index (χ3n) is 3.32. The van der Waals surface area contributed by atoms with Gasteiger partial charge in [-0.3, -0.25) is 5.41 Å². The van der Waals surface area contributed by atoms with Gasteiger partial charge in [-0.2, -0.15) is 0 Å². The highest BCUT2D eigenvalue weighted by Gasteiger charge is 2.22. The molecule has 6 nitrogen and oxygen atoms in total. The fraction of sp³-hybridized carbons (Fsp3) is 0.583. The van der Waals surface area contributed by atoms with E-state index >= 15 is 0 Å². The van der Waals surface area contributed by atoms with Crippen LogP contribution in [0.3, 0.4) is 0 Å². The summed E-state index contributed by atoms with van der Waals surface area (Å²) in [6, 6.07) is 0. The number of rotatable bonds is 4. The molecule has 3 N–H and O–H groups in total. The summed E-state index contributed by atoms with van der Waals surface area (Å²) in [6.45, 7) is 3.18. The van der Waals surface area contributed by atoms with Crippen LogP contribution in [0.5, 0.6) is 0 Å². The summed E-state index contributed by atoms with van der Waals surface area (Å²) in [4.78, 5) is 12.8. The zero-order valence-corrected chi connectivity index (χ0v) is 10.9. The van der Waals surface area contributed by atoms with Crippen molar-refractivity contribution in [2.24, 2.45) is 11.7 Å². The molecule has 1 unspecified atom stereocenters. The van der Waals surface area contributed by atoms with Crippen LogP contribution >= 0.6 is 0 Å². The van der Waals surface area contributed by atoms with Crippen molar-refractivity contribution in [2.75, 3.05) is 38.6 Å². The Labute approximate surface area is 107 Å². The Hall–Kier alpha value is -1.69. The SMILES string of the molecule is CN1CCC(CN(C)c2nccnc2C(=N)N)C1. The van der Waals surface area contributed by atoms with E-state index in [2.05, 4.69) is 21.9 Å². The van der Waals surface area contributed by atoms with Crippen molar-refractivity contribution in [2.45, 2.75) is 6.42 Å². The average molecular weight is 248 g/mol. The number of nitrogens with one attached hydrogen (secondary N) is 1. The third kappa shape index (κ3) is 2.76. The highest BCUT2D eigenvalue weighted by Crippen LogP contribution is 2.19. The standard InChI is InChI=1S/C12H20N6/c1-17-6-3-9(7-17)8-18(2)12-10(11(13)14)15-4-5-16-12/h4-5,9H,3,6-8H2,1-2H3,(H3,13,14). The van der Waals surface area contributed by atoms with Crippen molar-refractivity contribution in [3.05, 3.63) is 18.1 Å². The Morgan fingerprint density at radius 3 is 2.89 bits per heavy atom. The van der Waals surface area contributed by atoms with Gasteiger partial charge in [-0.1, -0.05) is 0 Å². The topological polar surface area (TPSA) is 82.1 Å². The molecule has 1 aromatic heterocycles. The maximum absolute atomic E-state index is 7.53. The minimum absolute atomic E-state index is 0.0338. The van der Waals surface area contributed by atoms with Gasteiger partial charge in [-0.05, 0) is 25.9 Å². The molecule has 18 heavy (non-hydrogen) atoms. The number of hydrogen-bond acceptors (Lipinski definition) is 5. The molecule has 0 amide bonds. The number of nitrogen functional groups attached to an aromatic ring is 1. The fourth-order valence-electron chi connectivity index (χ4n) is 2.45. The predicted octanol–water partition coefficient (Wildman–Crippen LogP) is 0.149. The van der Waals surface area contributed by atoms with Crippen LogP contribution in [0.1, 0.15) is 12.1 Å². The van der Waals surface area contributed by atoms with Gasteiger partial charge in [0.15, 0.2) is 5.82 Å². The molecule has 6 heteroatoms. The minimum atomic E-state index is -0.0338. The minimum Gasteiger partial charge on any atom is -0.382 e. The lowest BCUT2D eigenvalue weighted by Gasteiger charge is -2.23. The van der Waals surface area contributed by atoms with Crippen LogP contribution in [-0.4, -0.2) is 54.4 Å². The van der Waals surface area contributed by atoms with Crippen molar-refractivity contribution in [1.29, 1.82) is 5.41 Å². The lowest BCUT2D eigenvalue weighted by atomic mass is 10.1. The molecule has 0 aromatic carbocycles. The van der Waals surface area contributed by atoms with Crippen LogP contribution in [0.15, 0.2) is 12.4 Å². The summed E-state index contributed by atoms with van der Waals surface area (Å²) in [6.07, 6.45) is 4.41. The van der Waals surface area contributed by atoms with E-state index in [9.17, 15) is 0 Å². The van der Waals surface area contributed by atoms with Crippen LogP contribution in [0.25, 0.3) is 0 Å². The van der Waals surface area contributed by atoms with E-state index in [-0.39, 0.29) is 5.84 Å². The van der Waals surface area contributed by atoms with Gasteiger partial charge in [0.05, 0.1) is 0 Å². The van der Waals surface area contributed by atoms with Gasteiger partial charge >= 0.3 is 0 Å². The quantitative estimate of drug-likeness (QED) is 0.585. The molecule has 2 rings (SSSR count). The molecule has 0 radical (unpaired) electrons. The van der Waals surface area contributed by atoms with Crippen LogP contribution in [0.2, 0.25) is 0 Å². The molecule has 0 saturated carbocycles. The number of likely N-dealkylation sites (tertiary alicyclic amines) is 1. The molecule has 1 atom stereocenters. The van der Waals surface area contributed by atoms with Gasteiger partial charge < -0.3 is 15.5 Å². The maximum Gasteiger partial charge on any atom is 0.158 e. The maximum atomic E-state index is 7.53. The van der Waals surface area contributed by atoms with Crippen molar-refractivity contribution in [3.63, 3.8) is 0 Å². The summed E-state index contributed by atoms with van der Waals surface area (Å²) in [5.74, 6) is 1.30. The zero-order valence-electron chi connectivity index (χ0n) is 10.9. The second-order valence-electron chi connectivity index (χ2n) is 4.94. The van der Waals surface area contributed by atoms with Crippen LogP contribution in [0, 0.1) is 11.3 Å². The van der Waals surface area contributed by atoms with E-state index in [1.54, 1.807) is 12.4 Å². The number of nitrogens with zero attached hydrogens (tertiary/aromatic N) is 4. The first kappa shape index (κ1) is 12.8. The number of aromatic nitrogens is 2. The van der Waals surface area contributed by atoms with E-state index in [4.69, 9.17) is 11.1 Å². The summed E-state index contributed by atoms with van der Waals surface area (Å²) >= 11 is 0. The van der Waals surface area contributed by atoms with Gasteiger partial charge in [0.25, 0.3) is 0 Å². The summed E-state index contributed by atoms with van der Waals surface area (Å²) < 4.78 is 0. The summed E-state index contributed by atoms with van der Waals surface area (Å²) in [5.41, 5.74) is 5.99. The van der Waals surface area contributed by atoms with E-state index in [0.29, 0.717) is 17.4 Å². The van der Waals surface area contributed by atoms with E-state index < -0.39 is 0 Å². The van der Waals surface area contributed by atoms with Gasteiger partial charge in [-0.25, -0.2) is 9.97 Å². The molecule has 1 fully saturated rings. The smallest absolute Gasteiger partial charge is 0.158 e. The second kappa shape index (κ2) is 5.30. The monoisotopic (exact) mass is 248 g/mol. The molecule has 1 aliphatic rings.